The van der Waals surface area contributed by atoms with E-state index < -0.39 is 28.5 Å². The van der Waals surface area contributed by atoms with Crippen LogP contribution in [-0.4, -0.2) is 50.5 Å². The number of hydrogen-bond donors (Lipinski definition) is 1. The molecule has 2 amide bonds. The molecule has 0 spiro atoms. The number of carbonyl (C=O) groups excluding carboxylic acids is 2. The summed E-state index contributed by atoms with van der Waals surface area (Å²) >= 11 is 0. The summed E-state index contributed by atoms with van der Waals surface area (Å²) in [5.41, 5.74) is 3.31. The standard InChI is InChI=1S/C28H41N3O4S/c1-8-17-29-27(33)25(9-2)30(19-22-12-10-11-21(3)18-22)26(32)20-31(36(7,34)35)24-15-13-23(14-16-24)28(4,5)6/h10-16,18,25H,8-9,17,19-20H2,1-7H3,(H,29,33). The Hall–Kier alpha value is -2.87. The van der Waals surface area contributed by atoms with Gasteiger partial charge in [0.1, 0.15) is 12.6 Å². The van der Waals surface area contributed by atoms with Crippen LogP contribution in [-0.2, 0) is 31.6 Å². The lowest BCUT2D eigenvalue weighted by atomic mass is 9.87. The van der Waals surface area contributed by atoms with Crippen molar-refractivity contribution in [3.63, 3.8) is 0 Å². The van der Waals surface area contributed by atoms with Gasteiger partial charge in [0.05, 0.1) is 11.9 Å². The normalized spacial score (nSPS) is 12.6. The molecule has 0 fully saturated rings. The van der Waals surface area contributed by atoms with Gasteiger partial charge in [0.15, 0.2) is 0 Å². The Morgan fingerprint density at radius 3 is 2.17 bits per heavy atom. The van der Waals surface area contributed by atoms with E-state index in [1.54, 1.807) is 12.1 Å². The van der Waals surface area contributed by atoms with Crippen LogP contribution in [0.25, 0.3) is 0 Å². The third-order valence-electron chi connectivity index (χ3n) is 6.07. The second-order valence-corrected chi connectivity index (χ2v) is 12.2. The molecule has 0 aromatic heterocycles. The zero-order chi connectivity index (χ0) is 27.1. The molecule has 0 saturated carbocycles. The molecule has 2 rings (SSSR count). The highest BCUT2D eigenvalue weighted by atomic mass is 32.2. The lowest BCUT2D eigenvalue weighted by Gasteiger charge is -2.33. The first-order valence-electron chi connectivity index (χ1n) is 12.5. The molecule has 0 heterocycles. The van der Waals surface area contributed by atoms with Gasteiger partial charge < -0.3 is 10.2 Å². The average molecular weight is 516 g/mol. The Morgan fingerprint density at radius 2 is 1.67 bits per heavy atom. The van der Waals surface area contributed by atoms with Crippen LogP contribution in [0.15, 0.2) is 48.5 Å². The van der Waals surface area contributed by atoms with Gasteiger partial charge >= 0.3 is 0 Å². The zero-order valence-corrected chi connectivity index (χ0v) is 23.5. The van der Waals surface area contributed by atoms with E-state index >= 15 is 0 Å². The van der Waals surface area contributed by atoms with Gasteiger partial charge in [-0.2, -0.15) is 0 Å². The van der Waals surface area contributed by atoms with Crippen LogP contribution in [0.2, 0.25) is 0 Å². The zero-order valence-electron chi connectivity index (χ0n) is 22.7. The van der Waals surface area contributed by atoms with Gasteiger partial charge in [0.25, 0.3) is 0 Å². The first-order valence-corrected chi connectivity index (χ1v) is 14.3. The van der Waals surface area contributed by atoms with Crippen LogP contribution in [0.4, 0.5) is 5.69 Å². The van der Waals surface area contributed by atoms with Gasteiger partial charge in [0.2, 0.25) is 21.8 Å². The topological polar surface area (TPSA) is 86.8 Å². The van der Waals surface area contributed by atoms with E-state index in [-0.39, 0.29) is 17.9 Å². The van der Waals surface area contributed by atoms with E-state index in [0.717, 1.165) is 33.7 Å². The van der Waals surface area contributed by atoms with Gasteiger partial charge in [-0.05, 0) is 48.4 Å². The molecule has 0 aliphatic rings. The minimum absolute atomic E-state index is 0.0882. The summed E-state index contributed by atoms with van der Waals surface area (Å²) in [6.07, 6.45) is 2.28. The second kappa shape index (κ2) is 12.4. The van der Waals surface area contributed by atoms with Crippen LogP contribution >= 0.6 is 0 Å². The molecule has 0 aliphatic carbocycles. The highest BCUT2D eigenvalue weighted by Gasteiger charge is 2.31. The van der Waals surface area contributed by atoms with Crippen molar-refractivity contribution in [2.24, 2.45) is 0 Å². The van der Waals surface area contributed by atoms with Gasteiger partial charge in [-0.25, -0.2) is 8.42 Å². The van der Waals surface area contributed by atoms with Crippen LogP contribution in [0, 0.1) is 6.92 Å². The molecule has 2 aromatic rings. The molecule has 0 bridgehead atoms. The summed E-state index contributed by atoms with van der Waals surface area (Å²) in [6, 6.07) is 14.3. The van der Waals surface area contributed by atoms with Crippen LogP contribution in [0.1, 0.15) is 64.2 Å². The molecule has 8 heteroatoms. The van der Waals surface area contributed by atoms with E-state index in [4.69, 9.17) is 0 Å². The highest BCUT2D eigenvalue weighted by Crippen LogP contribution is 2.26. The fourth-order valence-corrected chi connectivity index (χ4v) is 4.88. The Kier molecular flexibility index (Phi) is 10.1. The van der Waals surface area contributed by atoms with Crippen molar-refractivity contribution in [2.75, 3.05) is 23.7 Å². The summed E-state index contributed by atoms with van der Waals surface area (Å²) in [7, 11) is -3.76. The van der Waals surface area contributed by atoms with Gasteiger partial charge in [-0.1, -0.05) is 76.6 Å². The monoisotopic (exact) mass is 515 g/mol. The average Bonchev–Trinajstić information content (AvgIpc) is 2.79. The number of sulfonamides is 1. The Bertz CT molecular complexity index is 1140. The van der Waals surface area contributed by atoms with Crippen molar-refractivity contribution < 1.29 is 18.0 Å². The highest BCUT2D eigenvalue weighted by molar-refractivity contribution is 7.92. The number of carbonyl (C=O) groups is 2. The molecule has 0 radical (unpaired) electrons. The van der Waals surface area contributed by atoms with Crippen molar-refractivity contribution >= 4 is 27.5 Å². The summed E-state index contributed by atoms with van der Waals surface area (Å²) in [6.45, 7) is 12.4. The van der Waals surface area contributed by atoms with Crippen molar-refractivity contribution in [3.8, 4) is 0 Å². The number of nitrogens with zero attached hydrogens (tertiary/aromatic N) is 2. The number of anilines is 1. The number of nitrogens with one attached hydrogen (secondary N) is 1. The van der Waals surface area contributed by atoms with Crippen LogP contribution in [0.5, 0.6) is 0 Å². The number of benzene rings is 2. The van der Waals surface area contributed by atoms with Gasteiger partial charge in [-0.3, -0.25) is 13.9 Å². The van der Waals surface area contributed by atoms with Gasteiger partial charge in [0, 0.05) is 13.1 Å². The van der Waals surface area contributed by atoms with Crippen molar-refractivity contribution in [1.29, 1.82) is 0 Å². The summed E-state index contributed by atoms with van der Waals surface area (Å²) in [5.74, 6) is -0.666. The number of aryl methyl sites for hydroxylation is 1. The molecule has 198 valence electrons. The van der Waals surface area contributed by atoms with E-state index in [1.165, 1.54) is 4.90 Å². The minimum Gasteiger partial charge on any atom is -0.354 e. The third-order valence-corrected chi connectivity index (χ3v) is 7.21. The molecule has 1 unspecified atom stereocenters. The molecule has 1 atom stereocenters. The quantitative estimate of drug-likeness (QED) is 0.481. The van der Waals surface area contributed by atoms with Gasteiger partial charge in [-0.15, -0.1) is 0 Å². The Balaban J connectivity index is 2.43. The maximum atomic E-state index is 13.7. The number of amides is 2. The SMILES string of the molecule is CCCNC(=O)C(CC)N(Cc1cccc(C)c1)C(=O)CN(c1ccc(C(C)(C)C)cc1)S(C)(=O)=O. The molecule has 1 N–H and O–H groups in total. The van der Waals surface area contributed by atoms with Crippen molar-refractivity contribution in [2.45, 2.75) is 72.4 Å². The second-order valence-electron chi connectivity index (χ2n) is 10.3. The molecular formula is C28H41N3O4S. The molecule has 0 saturated heterocycles. The van der Waals surface area contributed by atoms with E-state index in [0.29, 0.717) is 18.7 Å². The minimum atomic E-state index is -3.76. The summed E-state index contributed by atoms with van der Waals surface area (Å²) in [4.78, 5) is 28.2. The predicted molar refractivity (Wildman–Crippen MR) is 146 cm³/mol. The fraction of sp³-hybridized carbons (Fsp3) is 0.500. The molecule has 36 heavy (non-hydrogen) atoms. The van der Waals surface area contributed by atoms with Crippen molar-refractivity contribution in [3.05, 3.63) is 65.2 Å². The third kappa shape index (κ3) is 8.08. The summed E-state index contributed by atoms with van der Waals surface area (Å²) in [5, 5.41) is 2.89. The maximum Gasteiger partial charge on any atom is 0.244 e. The Labute approximate surface area is 216 Å². The molecule has 2 aromatic carbocycles. The lowest BCUT2D eigenvalue weighted by molar-refractivity contribution is -0.140. The number of hydrogen-bond acceptors (Lipinski definition) is 4. The van der Waals surface area contributed by atoms with Crippen LogP contribution < -0.4 is 9.62 Å². The Morgan fingerprint density at radius 1 is 1.03 bits per heavy atom. The lowest BCUT2D eigenvalue weighted by Crippen LogP contribution is -2.52. The molecule has 7 nitrogen and oxygen atoms in total. The number of rotatable bonds is 11. The first kappa shape index (κ1) is 29.4. The van der Waals surface area contributed by atoms with E-state index in [1.807, 2.05) is 57.2 Å². The first-order chi connectivity index (χ1) is 16.8. The van der Waals surface area contributed by atoms with Crippen molar-refractivity contribution in [1.82, 2.24) is 10.2 Å². The fourth-order valence-electron chi connectivity index (χ4n) is 4.03. The van der Waals surface area contributed by atoms with E-state index in [2.05, 4.69) is 26.1 Å². The predicted octanol–water partition coefficient (Wildman–Crippen LogP) is 4.39. The summed E-state index contributed by atoms with van der Waals surface area (Å²) < 4.78 is 26.6. The largest absolute Gasteiger partial charge is 0.354 e. The molecular weight excluding hydrogens is 474 g/mol. The van der Waals surface area contributed by atoms with Crippen LogP contribution in [0.3, 0.4) is 0 Å². The van der Waals surface area contributed by atoms with E-state index in [9.17, 15) is 18.0 Å². The maximum absolute atomic E-state index is 13.7. The molecule has 0 aliphatic heterocycles. The smallest absolute Gasteiger partial charge is 0.244 e.